The first-order valence-electron chi connectivity index (χ1n) is 7.32. The second-order valence-electron chi connectivity index (χ2n) is 6.01. The Bertz CT molecular complexity index is 301. The van der Waals surface area contributed by atoms with Gasteiger partial charge in [-0.05, 0) is 46.5 Å². The van der Waals surface area contributed by atoms with Gasteiger partial charge in [-0.2, -0.15) is 5.26 Å². The Balaban J connectivity index is 2.30. The number of ether oxygens (including phenoxy) is 2. The quantitative estimate of drug-likeness (QED) is 0.771. The minimum Gasteiger partial charge on any atom is -0.381 e. The van der Waals surface area contributed by atoms with Crippen LogP contribution >= 0.6 is 0 Å². The lowest BCUT2D eigenvalue weighted by molar-refractivity contribution is -0.0328. The van der Waals surface area contributed by atoms with E-state index in [4.69, 9.17) is 9.47 Å². The second-order valence-corrected chi connectivity index (χ2v) is 6.01. The number of hydrogen-bond acceptors (Lipinski definition) is 4. The van der Waals surface area contributed by atoms with Crippen LogP contribution in [0.2, 0.25) is 0 Å². The number of nitriles is 1. The Morgan fingerprint density at radius 1 is 1.37 bits per heavy atom. The minimum atomic E-state index is -0.497. The lowest BCUT2D eigenvalue weighted by Crippen LogP contribution is -2.46. The molecular formula is C15H28N2O2. The fraction of sp³-hybridized carbons (Fsp3) is 0.933. The Labute approximate surface area is 117 Å². The molecule has 0 saturated heterocycles. The standard InChI is InChI=1S/C15H28N2O2/c1-12(2)17-15(3,11-16)8-9-19-14-7-5-6-13(10-14)18-4/h12-14,17H,5-10H2,1-4H3. The zero-order chi connectivity index (χ0) is 14.3. The van der Waals surface area contributed by atoms with Crippen LogP contribution in [0.3, 0.4) is 0 Å². The molecule has 110 valence electrons. The van der Waals surface area contributed by atoms with Crippen molar-refractivity contribution in [1.29, 1.82) is 5.26 Å². The van der Waals surface area contributed by atoms with Crippen molar-refractivity contribution >= 4 is 0 Å². The molecule has 1 fully saturated rings. The van der Waals surface area contributed by atoms with Crippen molar-refractivity contribution in [3.8, 4) is 6.07 Å². The Hall–Kier alpha value is -0.630. The third-order valence-electron chi connectivity index (χ3n) is 3.72. The number of hydrogen-bond donors (Lipinski definition) is 1. The Kier molecular flexibility index (Phi) is 6.78. The van der Waals surface area contributed by atoms with Crippen LogP contribution in [0.15, 0.2) is 0 Å². The van der Waals surface area contributed by atoms with Gasteiger partial charge in [0.1, 0.15) is 5.54 Å². The van der Waals surface area contributed by atoms with Crippen molar-refractivity contribution in [3.63, 3.8) is 0 Å². The fourth-order valence-electron chi connectivity index (χ4n) is 2.69. The van der Waals surface area contributed by atoms with Crippen LogP contribution in [0.1, 0.15) is 52.9 Å². The third kappa shape index (κ3) is 5.90. The summed E-state index contributed by atoms with van der Waals surface area (Å²) in [5, 5.41) is 12.6. The van der Waals surface area contributed by atoms with Gasteiger partial charge >= 0.3 is 0 Å². The summed E-state index contributed by atoms with van der Waals surface area (Å²) in [5.74, 6) is 0. The van der Waals surface area contributed by atoms with Crippen molar-refractivity contribution in [2.24, 2.45) is 0 Å². The van der Waals surface area contributed by atoms with E-state index < -0.39 is 5.54 Å². The predicted octanol–water partition coefficient (Wildman–Crippen LogP) is 2.63. The molecule has 4 heteroatoms. The predicted molar refractivity (Wildman–Crippen MR) is 75.9 cm³/mol. The average Bonchev–Trinajstić information content (AvgIpc) is 2.38. The summed E-state index contributed by atoms with van der Waals surface area (Å²) < 4.78 is 11.3. The zero-order valence-electron chi connectivity index (χ0n) is 12.7. The maximum atomic E-state index is 9.26. The van der Waals surface area contributed by atoms with Crippen molar-refractivity contribution in [3.05, 3.63) is 0 Å². The summed E-state index contributed by atoms with van der Waals surface area (Å²) in [7, 11) is 1.77. The molecule has 1 rings (SSSR count). The van der Waals surface area contributed by atoms with Gasteiger partial charge in [-0.3, -0.25) is 5.32 Å². The van der Waals surface area contributed by atoms with Crippen LogP contribution < -0.4 is 5.32 Å². The van der Waals surface area contributed by atoms with E-state index in [2.05, 4.69) is 25.2 Å². The van der Waals surface area contributed by atoms with Crippen LogP contribution in [0, 0.1) is 11.3 Å². The highest BCUT2D eigenvalue weighted by molar-refractivity contribution is 5.04. The van der Waals surface area contributed by atoms with Gasteiger partial charge in [0.2, 0.25) is 0 Å². The number of rotatable bonds is 7. The van der Waals surface area contributed by atoms with Gasteiger partial charge in [-0.15, -0.1) is 0 Å². The lowest BCUT2D eigenvalue weighted by atomic mass is 9.94. The van der Waals surface area contributed by atoms with E-state index in [1.807, 2.05) is 6.92 Å². The molecule has 0 bridgehead atoms. The van der Waals surface area contributed by atoms with E-state index in [9.17, 15) is 5.26 Å². The Morgan fingerprint density at radius 3 is 2.63 bits per heavy atom. The molecule has 0 aromatic carbocycles. The molecule has 1 aliphatic rings. The molecule has 0 aromatic heterocycles. The molecule has 0 aromatic rings. The van der Waals surface area contributed by atoms with Gasteiger partial charge in [0.05, 0.1) is 18.3 Å². The van der Waals surface area contributed by atoms with E-state index in [-0.39, 0.29) is 0 Å². The first-order valence-corrected chi connectivity index (χ1v) is 7.32. The maximum absolute atomic E-state index is 9.26. The number of methoxy groups -OCH3 is 1. The zero-order valence-corrected chi connectivity index (χ0v) is 12.7. The molecule has 1 N–H and O–H groups in total. The largest absolute Gasteiger partial charge is 0.381 e. The smallest absolute Gasteiger partial charge is 0.106 e. The Morgan fingerprint density at radius 2 is 2.05 bits per heavy atom. The molecular weight excluding hydrogens is 240 g/mol. The minimum absolute atomic E-state index is 0.292. The summed E-state index contributed by atoms with van der Waals surface area (Å²) in [6.07, 6.45) is 5.76. The first kappa shape index (κ1) is 16.4. The monoisotopic (exact) mass is 268 g/mol. The number of nitrogens with zero attached hydrogens (tertiary/aromatic N) is 1. The molecule has 1 saturated carbocycles. The molecule has 0 spiro atoms. The summed E-state index contributed by atoms with van der Waals surface area (Å²) in [6.45, 7) is 6.68. The lowest BCUT2D eigenvalue weighted by Gasteiger charge is -2.30. The van der Waals surface area contributed by atoms with Crippen LogP contribution in [0.5, 0.6) is 0 Å². The molecule has 0 aliphatic heterocycles. The fourth-order valence-corrected chi connectivity index (χ4v) is 2.69. The van der Waals surface area contributed by atoms with Crippen LogP contribution in [-0.4, -0.2) is 37.5 Å². The molecule has 0 radical (unpaired) electrons. The van der Waals surface area contributed by atoms with Crippen molar-refractivity contribution < 1.29 is 9.47 Å². The summed E-state index contributed by atoms with van der Waals surface area (Å²) in [4.78, 5) is 0. The highest BCUT2D eigenvalue weighted by atomic mass is 16.5. The normalized spacial score (nSPS) is 26.9. The second kappa shape index (κ2) is 7.84. The van der Waals surface area contributed by atoms with E-state index in [1.54, 1.807) is 7.11 Å². The molecule has 1 aliphatic carbocycles. The van der Waals surface area contributed by atoms with Crippen molar-refractivity contribution in [1.82, 2.24) is 5.32 Å². The van der Waals surface area contributed by atoms with Crippen LogP contribution in [-0.2, 0) is 9.47 Å². The van der Waals surface area contributed by atoms with Gasteiger partial charge in [0.15, 0.2) is 0 Å². The van der Waals surface area contributed by atoms with Gasteiger partial charge in [-0.25, -0.2) is 0 Å². The summed E-state index contributed by atoms with van der Waals surface area (Å²) in [5.41, 5.74) is -0.497. The van der Waals surface area contributed by atoms with Crippen molar-refractivity contribution in [2.45, 2.75) is 76.7 Å². The van der Waals surface area contributed by atoms with Gasteiger partial charge in [0.25, 0.3) is 0 Å². The molecule has 19 heavy (non-hydrogen) atoms. The van der Waals surface area contributed by atoms with E-state index in [0.29, 0.717) is 24.9 Å². The topological polar surface area (TPSA) is 54.3 Å². The van der Waals surface area contributed by atoms with Gasteiger partial charge in [0, 0.05) is 26.2 Å². The van der Waals surface area contributed by atoms with Crippen molar-refractivity contribution in [2.75, 3.05) is 13.7 Å². The maximum Gasteiger partial charge on any atom is 0.106 e. The van der Waals surface area contributed by atoms with E-state index >= 15 is 0 Å². The summed E-state index contributed by atoms with van der Waals surface area (Å²) in [6, 6.07) is 2.65. The molecule has 0 heterocycles. The van der Waals surface area contributed by atoms with Gasteiger partial charge in [-0.1, -0.05) is 0 Å². The van der Waals surface area contributed by atoms with E-state index in [1.165, 1.54) is 6.42 Å². The van der Waals surface area contributed by atoms with Crippen LogP contribution in [0.25, 0.3) is 0 Å². The average molecular weight is 268 g/mol. The molecule has 3 atom stereocenters. The third-order valence-corrected chi connectivity index (χ3v) is 3.72. The SMILES string of the molecule is COC1CCCC(OCCC(C)(C#N)NC(C)C)C1. The summed E-state index contributed by atoms with van der Waals surface area (Å²) >= 11 is 0. The van der Waals surface area contributed by atoms with Crippen LogP contribution in [0.4, 0.5) is 0 Å². The van der Waals surface area contributed by atoms with E-state index in [0.717, 1.165) is 25.7 Å². The number of nitrogens with one attached hydrogen (secondary N) is 1. The first-order chi connectivity index (χ1) is 8.99. The molecule has 3 unspecified atom stereocenters. The molecule has 0 amide bonds. The van der Waals surface area contributed by atoms with Gasteiger partial charge < -0.3 is 9.47 Å². The highest BCUT2D eigenvalue weighted by Gasteiger charge is 2.26. The molecule has 4 nitrogen and oxygen atoms in total. The highest BCUT2D eigenvalue weighted by Crippen LogP contribution is 2.23.